The molecule has 124 valence electrons. The number of hydrogen-bond acceptors (Lipinski definition) is 2. The SMILES string of the molecule is Cc1cn(CC(=O)N2CCCC2c2cnn(C)c2)c2ccccc12. The average Bonchev–Trinajstić information content (AvgIpc) is 3.28. The van der Waals surface area contributed by atoms with Crippen molar-refractivity contribution in [1.82, 2.24) is 19.2 Å². The molecule has 1 unspecified atom stereocenters. The molecule has 1 aromatic carbocycles. The van der Waals surface area contributed by atoms with Gasteiger partial charge in [0, 0.05) is 42.5 Å². The maximum atomic E-state index is 12.9. The van der Waals surface area contributed by atoms with Crippen molar-refractivity contribution in [3.63, 3.8) is 0 Å². The number of likely N-dealkylation sites (tertiary alicyclic amines) is 1. The molecule has 1 amide bonds. The number of hydrogen-bond donors (Lipinski definition) is 0. The number of aromatic nitrogens is 3. The summed E-state index contributed by atoms with van der Waals surface area (Å²) in [7, 11) is 1.92. The van der Waals surface area contributed by atoms with Crippen LogP contribution in [-0.2, 0) is 18.4 Å². The first-order valence-corrected chi connectivity index (χ1v) is 8.46. The smallest absolute Gasteiger partial charge is 0.243 e. The van der Waals surface area contributed by atoms with Crippen molar-refractivity contribution in [2.24, 2.45) is 7.05 Å². The maximum absolute atomic E-state index is 12.9. The van der Waals surface area contributed by atoms with Crippen molar-refractivity contribution >= 4 is 16.8 Å². The predicted molar refractivity (Wildman–Crippen MR) is 93.6 cm³/mol. The molecule has 1 atom stereocenters. The van der Waals surface area contributed by atoms with Gasteiger partial charge in [-0.15, -0.1) is 0 Å². The van der Waals surface area contributed by atoms with Gasteiger partial charge >= 0.3 is 0 Å². The summed E-state index contributed by atoms with van der Waals surface area (Å²) in [5, 5.41) is 5.47. The van der Waals surface area contributed by atoms with Crippen LogP contribution in [0.1, 0.15) is 30.0 Å². The molecule has 1 fully saturated rings. The molecule has 3 heterocycles. The third-order valence-electron chi connectivity index (χ3n) is 4.98. The van der Waals surface area contributed by atoms with Gasteiger partial charge in [-0.25, -0.2) is 0 Å². The zero-order chi connectivity index (χ0) is 16.7. The first kappa shape index (κ1) is 15.0. The third-order valence-corrected chi connectivity index (χ3v) is 4.98. The fourth-order valence-electron chi connectivity index (χ4n) is 3.82. The molecule has 2 aromatic heterocycles. The normalized spacial score (nSPS) is 17.8. The number of carbonyl (C=O) groups is 1. The van der Waals surface area contributed by atoms with E-state index in [-0.39, 0.29) is 11.9 Å². The molecular formula is C19H22N4O. The average molecular weight is 322 g/mol. The summed E-state index contributed by atoms with van der Waals surface area (Å²) in [4.78, 5) is 15.0. The van der Waals surface area contributed by atoms with Crippen molar-refractivity contribution in [3.8, 4) is 0 Å². The van der Waals surface area contributed by atoms with Crippen LogP contribution in [0.2, 0.25) is 0 Å². The topological polar surface area (TPSA) is 43.1 Å². The number of amides is 1. The largest absolute Gasteiger partial charge is 0.338 e. The van der Waals surface area contributed by atoms with Gasteiger partial charge in [0.25, 0.3) is 0 Å². The lowest BCUT2D eigenvalue weighted by molar-refractivity contribution is -0.132. The van der Waals surface area contributed by atoms with Crippen LogP contribution in [0, 0.1) is 6.92 Å². The second kappa shape index (κ2) is 5.82. The van der Waals surface area contributed by atoms with Gasteiger partial charge < -0.3 is 9.47 Å². The van der Waals surface area contributed by atoms with Crippen molar-refractivity contribution in [3.05, 3.63) is 54.0 Å². The van der Waals surface area contributed by atoms with Crippen LogP contribution in [0.25, 0.3) is 10.9 Å². The van der Waals surface area contributed by atoms with Gasteiger partial charge in [-0.05, 0) is 31.4 Å². The molecule has 0 radical (unpaired) electrons. The second-order valence-corrected chi connectivity index (χ2v) is 6.65. The third kappa shape index (κ3) is 2.50. The summed E-state index contributed by atoms with van der Waals surface area (Å²) < 4.78 is 3.88. The van der Waals surface area contributed by atoms with Crippen LogP contribution in [0.3, 0.4) is 0 Å². The van der Waals surface area contributed by atoms with Gasteiger partial charge in [0.2, 0.25) is 5.91 Å². The van der Waals surface area contributed by atoms with Gasteiger partial charge in [-0.1, -0.05) is 18.2 Å². The molecule has 4 rings (SSSR count). The number of benzene rings is 1. The van der Waals surface area contributed by atoms with Crippen molar-refractivity contribution < 1.29 is 4.79 Å². The van der Waals surface area contributed by atoms with Gasteiger partial charge in [0.05, 0.1) is 12.2 Å². The fourth-order valence-corrected chi connectivity index (χ4v) is 3.82. The lowest BCUT2D eigenvalue weighted by atomic mass is 10.1. The summed E-state index contributed by atoms with van der Waals surface area (Å²) >= 11 is 0. The molecular weight excluding hydrogens is 300 g/mol. The van der Waals surface area contributed by atoms with Crippen molar-refractivity contribution in [1.29, 1.82) is 0 Å². The first-order chi connectivity index (χ1) is 11.6. The Balaban J connectivity index is 1.59. The Morgan fingerprint density at radius 3 is 2.92 bits per heavy atom. The molecule has 0 saturated carbocycles. The number of carbonyl (C=O) groups excluding carboxylic acids is 1. The van der Waals surface area contributed by atoms with Gasteiger partial charge in [0.1, 0.15) is 6.54 Å². The molecule has 5 heteroatoms. The lowest BCUT2D eigenvalue weighted by Gasteiger charge is -2.24. The van der Waals surface area contributed by atoms with E-state index in [2.05, 4.69) is 34.9 Å². The van der Waals surface area contributed by atoms with Gasteiger partial charge in [-0.2, -0.15) is 5.10 Å². The van der Waals surface area contributed by atoms with Crippen LogP contribution in [-0.4, -0.2) is 31.7 Å². The Bertz CT molecular complexity index is 892. The highest BCUT2D eigenvalue weighted by Gasteiger charge is 2.30. The highest BCUT2D eigenvalue weighted by Crippen LogP contribution is 2.32. The summed E-state index contributed by atoms with van der Waals surface area (Å²) in [5.41, 5.74) is 3.47. The van der Waals surface area contributed by atoms with E-state index in [9.17, 15) is 4.79 Å². The van der Waals surface area contributed by atoms with Crippen LogP contribution in [0.15, 0.2) is 42.9 Å². The molecule has 3 aromatic rings. The number of para-hydroxylation sites is 1. The number of rotatable bonds is 3. The molecule has 0 aliphatic carbocycles. The van der Waals surface area contributed by atoms with Crippen LogP contribution in [0.5, 0.6) is 0 Å². The summed E-state index contributed by atoms with van der Waals surface area (Å²) in [6.45, 7) is 3.32. The Hall–Kier alpha value is -2.56. The van der Waals surface area contributed by atoms with Crippen molar-refractivity contribution in [2.75, 3.05) is 6.54 Å². The lowest BCUT2D eigenvalue weighted by Crippen LogP contribution is -2.33. The second-order valence-electron chi connectivity index (χ2n) is 6.65. The molecule has 24 heavy (non-hydrogen) atoms. The van der Waals surface area contributed by atoms with E-state index in [1.54, 1.807) is 4.68 Å². The van der Waals surface area contributed by atoms with Crippen LogP contribution >= 0.6 is 0 Å². The first-order valence-electron chi connectivity index (χ1n) is 8.46. The van der Waals surface area contributed by atoms with Crippen LogP contribution in [0.4, 0.5) is 0 Å². The number of nitrogens with zero attached hydrogens (tertiary/aromatic N) is 4. The summed E-state index contributed by atoms with van der Waals surface area (Å²) in [5.74, 6) is 0.183. The molecule has 0 N–H and O–H groups in total. The fraction of sp³-hybridized carbons (Fsp3) is 0.368. The Morgan fingerprint density at radius 2 is 2.12 bits per heavy atom. The minimum absolute atomic E-state index is 0.161. The Kier molecular flexibility index (Phi) is 3.63. The van der Waals surface area contributed by atoms with Crippen molar-refractivity contribution in [2.45, 2.75) is 32.4 Å². The number of aryl methyl sites for hydroxylation is 2. The van der Waals surface area contributed by atoms with E-state index in [0.29, 0.717) is 6.54 Å². The minimum Gasteiger partial charge on any atom is -0.338 e. The van der Waals surface area contributed by atoms with Crippen LogP contribution < -0.4 is 0 Å². The van der Waals surface area contributed by atoms with E-state index in [4.69, 9.17) is 0 Å². The molecule has 5 nitrogen and oxygen atoms in total. The quantitative estimate of drug-likeness (QED) is 0.744. The maximum Gasteiger partial charge on any atom is 0.243 e. The predicted octanol–water partition coefficient (Wildman–Crippen LogP) is 3.05. The number of fused-ring (bicyclic) bond motifs is 1. The van der Waals surface area contributed by atoms with E-state index in [0.717, 1.165) is 30.5 Å². The highest BCUT2D eigenvalue weighted by molar-refractivity contribution is 5.86. The zero-order valence-electron chi connectivity index (χ0n) is 14.1. The molecule has 1 saturated heterocycles. The molecule has 1 aliphatic heterocycles. The Labute approximate surface area is 141 Å². The van der Waals surface area contributed by atoms with E-state index >= 15 is 0 Å². The Morgan fingerprint density at radius 1 is 1.29 bits per heavy atom. The zero-order valence-corrected chi connectivity index (χ0v) is 14.1. The van der Waals surface area contributed by atoms with E-state index in [1.165, 1.54) is 10.9 Å². The monoisotopic (exact) mass is 322 g/mol. The van der Waals surface area contributed by atoms with Gasteiger partial charge in [-0.3, -0.25) is 9.48 Å². The molecule has 1 aliphatic rings. The highest BCUT2D eigenvalue weighted by atomic mass is 16.2. The summed E-state index contributed by atoms with van der Waals surface area (Å²) in [6, 6.07) is 8.42. The summed E-state index contributed by atoms with van der Waals surface area (Å²) in [6.07, 6.45) is 8.05. The van der Waals surface area contributed by atoms with E-state index in [1.807, 2.05) is 36.5 Å². The molecule has 0 bridgehead atoms. The minimum atomic E-state index is 0.161. The van der Waals surface area contributed by atoms with Gasteiger partial charge in [0.15, 0.2) is 0 Å². The molecule has 0 spiro atoms. The standard InChI is InChI=1S/C19H22N4O/c1-14-11-22(18-7-4-3-6-16(14)18)13-19(24)23-9-5-8-17(23)15-10-20-21(2)12-15/h3-4,6-7,10-12,17H,5,8-9,13H2,1-2H3. The van der Waals surface area contributed by atoms with E-state index < -0.39 is 0 Å².